The third kappa shape index (κ3) is 2.90. The second kappa shape index (κ2) is 5.42. The van der Waals surface area contributed by atoms with Crippen molar-refractivity contribution in [3.05, 3.63) is 54.0 Å². The molecule has 0 amide bonds. The van der Waals surface area contributed by atoms with Crippen molar-refractivity contribution in [3.8, 4) is 0 Å². The number of benzene rings is 1. The van der Waals surface area contributed by atoms with Crippen LogP contribution in [0.2, 0.25) is 0 Å². The summed E-state index contributed by atoms with van der Waals surface area (Å²) in [5.74, 6) is 0.637. The van der Waals surface area contributed by atoms with Crippen LogP contribution in [-0.4, -0.2) is 11.5 Å². The van der Waals surface area contributed by atoms with Crippen molar-refractivity contribution >= 4 is 0 Å². The van der Waals surface area contributed by atoms with Crippen LogP contribution in [0.25, 0.3) is 0 Å². The lowest BCUT2D eigenvalue weighted by Gasteiger charge is -2.03. The van der Waals surface area contributed by atoms with Crippen molar-refractivity contribution in [1.82, 2.24) is 10.3 Å². The zero-order chi connectivity index (χ0) is 11.2. The molecule has 4 heteroatoms. The van der Waals surface area contributed by atoms with Crippen molar-refractivity contribution in [2.24, 2.45) is 0 Å². The summed E-state index contributed by atoms with van der Waals surface area (Å²) in [7, 11) is 0. The Labute approximate surface area is 93.3 Å². The monoisotopic (exact) mass is 220 g/mol. The molecule has 1 N–H and O–H groups in total. The van der Waals surface area contributed by atoms with E-state index < -0.39 is 0 Å². The number of halogens is 1. The second-order valence-electron chi connectivity index (χ2n) is 3.49. The molecule has 2 aromatic rings. The van der Waals surface area contributed by atoms with Gasteiger partial charge in [0.25, 0.3) is 0 Å². The first kappa shape index (κ1) is 10.8. The van der Waals surface area contributed by atoms with Crippen LogP contribution >= 0.6 is 0 Å². The van der Waals surface area contributed by atoms with Crippen LogP contribution in [0, 0.1) is 5.82 Å². The molecule has 0 saturated carbocycles. The van der Waals surface area contributed by atoms with Gasteiger partial charge in [0, 0.05) is 0 Å². The first-order chi connectivity index (χ1) is 7.86. The van der Waals surface area contributed by atoms with E-state index >= 15 is 0 Å². The summed E-state index contributed by atoms with van der Waals surface area (Å²) >= 11 is 0. The molecule has 0 unspecified atom stereocenters. The number of aromatic nitrogens is 1. The highest BCUT2D eigenvalue weighted by atomic mass is 19.1. The number of rotatable bonds is 5. The van der Waals surface area contributed by atoms with Crippen molar-refractivity contribution in [1.29, 1.82) is 0 Å². The molecule has 0 aliphatic heterocycles. The molecular formula is C12H13FN2O. The normalized spacial score (nSPS) is 10.6. The average molecular weight is 220 g/mol. The Bertz CT molecular complexity index is 428. The summed E-state index contributed by atoms with van der Waals surface area (Å²) in [6.45, 7) is 1.33. The number of hydrogen-bond acceptors (Lipinski definition) is 3. The molecule has 2 rings (SSSR count). The van der Waals surface area contributed by atoms with Gasteiger partial charge < -0.3 is 9.73 Å². The van der Waals surface area contributed by atoms with E-state index in [4.69, 9.17) is 4.42 Å². The average Bonchev–Trinajstić information content (AvgIpc) is 2.79. The molecule has 0 radical (unpaired) electrons. The summed E-state index contributed by atoms with van der Waals surface area (Å²) in [5, 5.41) is 3.16. The van der Waals surface area contributed by atoms with Gasteiger partial charge >= 0.3 is 0 Å². The lowest BCUT2D eigenvalue weighted by molar-refractivity contribution is 0.479. The predicted molar refractivity (Wildman–Crippen MR) is 58.3 cm³/mol. The van der Waals surface area contributed by atoms with E-state index in [1.54, 1.807) is 18.3 Å². The molecule has 0 bridgehead atoms. The maximum absolute atomic E-state index is 13.2. The van der Waals surface area contributed by atoms with E-state index in [1.807, 2.05) is 6.07 Å². The molecule has 84 valence electrons. The highest BCUT2D eigenvalue weighted by Gasteiger charge is 2.00. The van der Waals surface area contributed by atoms with Gasteiger partial charge in [-0.25, -0.2) is 9.37 Å². The zero-order valence-electron chi connectivity index (χ0n) is 8.82. The second-order valence-corrected chi connectivity index (χ2v) is 3.49. The summed E-state index contributed by atoms with van der Waals surface area (Å²) in [6, 6.07) is 6.81. The topological polar surface area (TPSA) is 38.1 Å². The highest BCUT2D eigenvalue weighted by Crippen LogP contribution is 2.06. The fourth-order valence-electron chi connectivity index (χ4n) is 1.47. The van der Waals surface area contributed by atoms with Gasteiger partial charge in [-0.05, 0) is 24.6 Å². The minimum absolute atomic E-state index is 0.149. The van der Waals surface area contributed by atoms with Crippen molar-refractivity contribution < 1.29 is 8.81 Å². The van der Waals surface area contributed by atoms with E-state index in [-0.39, 0.29) is 5.82 Å². The molecule has 1 aromatic heterocycles. The number of nitrogens with one attached hydrogen (secondary N) is 1. The Kier molecular flexibility index (Phi) is 3.66. The summed E-state index contributed by atoms with van der Waals surface area (Å²) < 4.78 is 18.3. The number of nitrogens with zero attached hydrogens (tertiary/aromatic N) is 1. The molecule has 0 aliphatic rings. The SMILES string of the molecule is Fc1ccccc1CCNCc1cnco1. The Morgan fingerprint density at radius 3 is 2.94 bits per heavy atom. The highest BCUT2D eigenvalue weighted by molar-refractivity contribution is 5.17. The summed E-state index contributed by atoms with van der Waals surface area (Å²) in [5.41, 5.74) is 0.729. The summed E-state index contributed by atoms with van der Waals surface area (Å²) in [4.78, 5) is 3.81. The maximum atomic E-state index is 13.2. The fourth-order valence-corrected chi connectivity index (χ4v) is 1.47. The van der Waals surface area contributed by atoms with Gasteiger partial charge in [-0.15, -0.1) is 0 Å². The van der Waals surface area contributed by atoms with E-state index in [0.29, 0.717) is 19.5 Å². The van der Waals surface area contributed by atoms with Crippen LogP contribution < -0.4 is 5.32 Å². The number of oxazole rings is 1. The Morgan fingerprint density at radius 1 is 1.31 bits per heavy atom. The molecule has 1 heterocycles. The van der Waals surface area contributed by atoms with Gasteiger partial charge in [-0.2, -0.15) is 0 Å². The molecule has 0 atom stereocenters. The zero-order valence-corrected chi connectivity index (χ0v) is 8.82. The van der Waals surface area contributed by atoms with Gasteiger partial charge in [-0.3, -0.25) is 0 Å². The van der Waals surface area contributed by atoms with Crippen molar-refractivity contribution in [2.75, 3.05) is 6.54 Å². The molecule has 0 saturated heterocycles. The van der Waals surface area contributed by atoms with Crippen molar-refractivity contribution in [2.45, 2.75) is 13.0 Å². The molecule has 1 aromatic carbocycles. The van der Waals surface area contributed by atoms with Crippen LogP contribution in [0.3, 0.4) is 0 Å². The van der Waals surface area contributed by atoms with Crippen LogP contribution in [-0.2, 0) is 13.0 Å². The van der Waals surface area contributed by atoms with Gasteiger partial charge in [0.05, 0.1) is 12.7 Å². The third-order valence-corrected chi connectivity index (χ3v) is 2.31. The van der Waals surface area contributed by atoms with Crippen LogP contribution in [0.4, 0.5) is 4.39 Å². The van der Waals surface area contributed by atoms with Gasteiger partial charge in [0.15, 0.2) is 6.39 Å². The molecule has 0 fully saturated rings. The van der Waals surface area contributed by atoms with Crippen molar-refractivity contribution in [3.63, 3.8) is 0 Å². The molecule has 0 spiro atoms. The van der Waals surface area contributed by atoms with E-state index in [0.717, 1.165) is 11.3 Å². The lowest BCUT2D eigenvalue weighted by atomic mass is 10.1. The standard InChI is InChI=1S/C12H13FN2O/c13-12-4-2-1-3-10(12)5-6-14-7-11-8-15-9-16-11/h1-4,8-9,14H,5-7H2. The van der Waals surface area contributed by atoms with Crippen LogP contribution in [0.1, 0.15) is 11.3 Å². The third-order valence-electron chi connectivity index (χ3n) is 2.31. The Balaban J connectivity index is 1.74. The minimum atomic E-state index is -0.149. The van der Waals surface area contributed by atoms with E-state index in [9.17, 15) is 4.39 Å². The van der Waals surface area contributed by atoms with Gasteiger partial charge in [0.1, 0.15) is 11.6 Å². The predicted octanol–water partition coefficient (Wildman–Crippen LogP) is 2.15. The first-order valence-electron chi connectivity index (χ1n) is 5.18. The minimum Gasteiger partial charge on any atom is -0.447 e. The molecule has 16 heavy (non-hydrogen) atoms. The largest absolute Gasteiger partial charge is 0.447 e. The van der Waals surface area contributed by atoms with Crippen LogP contribution in [0.5, 0.6) is 0 Å². The molecule has 3 nitrogen and oxygen atoms in total. The molecule has 0 aliphatic carbocycles. The Morgan fingerprint density at radius 2 is 2.19 bits per heavy atom. The Hall–Kier alpha value is -1.68. The fraction of sp³-hybridized carbons (Fsp3) is 0.250. The van der Waals surface area contributed by atoms with Gasteiger partial charge in [0.2, 0.25) is 0 Å². The smallest absolute Gasteiger partial charge is 0.180 e. The maximum Gasteiger partial charge on any atom is 0.180 e. The summed E-state index contributed by atoms with van der Waals surface area (Å²) in [6.07, 6.45) is 3.73. The first-order valence-corrected chi connectivity index (χ1v) is 5.18. The van der Waals surface area contributed by atoms with Crippen LogP contribution in [0.15, 0.2) is 41.3 Å². The van der Waals surface area contributed by atoms with E-state index in [2.05, 4.69) is 10.3 Å². The quantitative estimate of drug-likeness (QED) is 0.784. The lowest BCUT2D eigenvalue weighted by Crippen LogP contribution is -2.16. The number of hydrogen-bond donors (Lipinski definition) is 1. The van der Waals surface area contributed by atoms with E-state index in [1.165, 1.54) is 12.5 Å². The molecular weight excluding hydrogens is 207 g/mol. The van der Waals surface area contributed by atoms with Gasteiger partial charge in [-0.1, -0.05) is 18.2 Å².